The van der Waals surface area contributed by atoms with E-state index >= 15 is 0 Å². The number of hydrogen-bond donors (Lipinski definition) is 0. The molecule has 126 valence electrons. The van der Waals surface area contributed by atoms with Gasteiger partial charge in [0.25, 0.3) is 0 Å². The lowest BCUT2D eigenvalue weighted by molar-refractivity contribution is -0.0243. The van der Waals surface area contributed by atoms with Crippen LogP contribution in [-0.2, 0) is 19.6 Å². The number of ether oxygens (including phenoxy) is 2. The minimum absolute atomic E-state index is 0.194. The number of halogens is 1. The fourth-order valence-electron chi connectivity index (χ4n) is 2.09. The van der Waals surface area contributed by atoms with Gasteiger partial charge < -0.3 is 18.6 Å². The first-order chi connectivity index (χ1) is 10.7. The zero-order valence-electron chi connectivity index (χ0n) is 12.4. The summed E-state index contributed by atoms with van der Waals surface area (Å²) >= 11 is 5.46. The van der Waals surface area contributed by atoms with Crippen LogP contribution in [0.25, 0.3) is 0 Å². The lowest BCUT2D eigenvalue weighted by Crippen LogP contribution is -2.42. The summed E-state index contributed by atoms with van der Waals surface area (Å²) in [6, 6.07) is 6.41. The largest absolute Gasteiger partial charge is 0.416 e. The highest BCUT2D eigenvalue weighted by molar-refractivity contribution is 7.86. The summed E-state index contributed by atoms with van der Waals surface area (Å²) in [7, 11) is -3.57. The van der Waals surface area contributed by atoms with Crippen LogP contribution in [-0.4, -0.2) is 45.4 Å². The SMILES string of the molecule is C=C(Cl)OC(=O)N1CCO[C@H](c2ccc(OS(C)(=O)=O)cc2)C1. The summed E-state index contributed by atoms with van der Waals surface area (Å²) in [6.45, 7) is 4.32. The molecule has 0 aliphatic carbocycles. The maximum Gasteiger partial charge on any atom is 0.416 e. The van der Waals surface area contributed by atoms with Gasteiger partial charge in [0.05, 0.1) is 19.4 Å². The van der Waals surface area contributed by atoms with Crippen molar-refractivity contribution in [3.8, 4) is 5.75 Å². The Kier molecular flexibility index (Phi) is 5.51. The molecule has 1 fully saturated rings. The zero-order chi connectivity index (χ0) is 17.0. The standard InChI is InChI=1S/C14H16ClNO6S/c1-10(15)21-14(17)16-7-8-20-13(9-16)11-3-5-12(6-4-11)22-23(2,18)19/h3-6,13H,1,7-9H2,2H3/t13-/m0/s1. The van der Waals surface area contributed by atoms with Crippen LogP contribution in [0, 0.1) is 0 Å². The number of morpholine rings is 1. The van der Waals surface area contributed by atoms with Crippen LogP contribution in [0.4, 0.5) is 4.79 Å². The molecule has 1 aromatic rings. The Bertz CT molecular complexity index is 688. The Balaban J connectivity index is 2.03. The molecule has 1 amide bonds. The first-order valence-corrected chi connectivity index (χ1v) is 8.86. The molecule has 0 saturated carbocycles. The first-order valence-electron chi connectivity index (χ1n) is 6.67. The molecule has 1 aliphatic rings. The fraction of sp³-hybridized carbons (Fsp3) is 0.357. The van der Waals surface area contributed by atoms with E-state index in [9.17, 15) is 13.2 Å². The van der Waals surface area contributed by atoms with E-state index in [1.807, 2.05) is 0 Å². The third-order valence-electron chi connectivity index (χ3n) is 3.02. The Morgan fingerprint density at radius 2 is 2.04 bits per heavy atom. The predicted molar refractivity (Wildman–Crippen MR) is 83.7 cm³/mol. The summed E-state index contributed by atoms with van der Waals surface area (Å²) in [6.07, 6.45) is 0.0295. The van der Waals surface area contributed by atoms with Crippen molar-refractivity contribution < 1.29 is 26.9 Å². The van der Waals surface area contributed by atoms with Gasteiger partial charge in [0.2, 0.25) is 0 Å². The third-order valence-corrected chi connectivity index (χ3v) is 3.59. The zero-order valence-corrected chi connectivity index (χ0v) is 14.0. The maximum absolute atomic E-state index is 11.8. The van der Waals surface area contributed by atoms with Gasteiger partial charge in [-0.05, 0) is 35.9 Å². The van der Waals surface area contributed by atoms with Crippen LogP contribution in [0.3, 0.4) is 0 Å². The number of nitrogens with zero attached hydrogens (tertiary/aromatic N) is 1. The van der Waals surface area contributed by atoms with Crippen LogP contribution in [0.15, 0.2) is 36.1 Å². The van der Waals surface area contributed by atoms with E-state index in [-0.39, 0.29) is 23.6 Å². The second-order valence-electron chi connectivity index (χ2n) is 4.89. The van der Waals surface area contributed by atoms with E-state index in [1.165, 1.54) is 17.0 Å². The molecule has 0 aromatic heterocycles. The normalized spacial score (nSPS) is 18.3. The second kappa shape index (κ2) is 7.20. The van der Waals surface area contributed by atoms with Gasteiger partial charge in [0.15, 0.2) is 5.22 Å². The molecule has 0 unspecified atom stereocenters. The van der Waals surface area contributed by atoms with E-state index < -0.39 is 16.2 Å². The molecular weight excluding hydrogens is 346 g/mol. The first kappa shape index (κ1) is 17.6. The molecule has 7 nitrogen and oxygen atoms in total. The molecule has 0 bridgehead atoms. The van der Waals surface area contributed by atoms with Gasteiger partial charge in [0, 0.05) is 6.54 Å². The smallest absolute Gasteiger partial charge is 0.398 e. The fourth-order valence-corrected chi connectivity index (χ4v) is 2.62. The van der Waals surface area contributed by atoms with E-state index in [0.717, 1.165) is 11.8 Å². The van der Waals surface area contributed by atoms with Crippen molar-refractivity contribution in [2.75, 3.05) is 26.0 Å². The number of amides is 1. The predicted octanol–water partition coefficient (Wildman–Crippen LogP) is 2.24. The van der Waals surface area contributed by atoms with E-state index in [2.05, 4.69) is 6.58 Å². The molecule has 1 aromatic carbocycles. The van der Waals surface area contributed by atoms with Crippen molar-refractivity contribution in [2.45, 2.75) is 6.10 Å². The third kappa shape index (κ3) is 5.42. The van der Waals surface area contributed by atoms with Crippen molar-refractivity contribution in [1.82, 2.24) is 4.90 Å². The van der Waals surface area contributed by atoms with Gasteiger partial charge >= 0.3 is 16.2 Å². The van der Waals surface area contributed by atoms with Crippen LogP contribution in [0.1, 0.15) is 11.7 Å². The van der Waals surface area contributed by atoms with Gasteiger partial charge in [0.1, 0.15) is 11.9 Å². The topological polar surface area (TPSA) is 82.1 Å². The average Bonchev–Trinajstić information content (AvgIpc) is 2.46. The Hall–Kier alpha value is -1.77. The quantitative estimate of drug-likeness (QED) is 0.604. The van der Waals surface area contributed by atoms with Gasteiger partial charge in [-0.1, -0.05) is 12.1 Å². The molecule has 1 atom stereocenters. The number of carbonyl (C=O) groups is 1. The lowest BCUT2D eigenvalue weighted by Gasteiger charge is -2.32. The number of carbonyl (C=O) groups excluding carboxylic acids is 1. The number of hydrogen-bond acceptors (Lipinski definition) is 6. The van der Waals surface area contributed by atoms with Gasteiger partial charge in [-0.15, -0.1) is 0 Å². The maximum atomic E-state index is 11.8. The summed E-state index contributed by atoms with van der Waals surface area (Å²) in [4.78, 5) is 13.3. The molecule has 2 rings (SSSR count). The minimum Gasteiger partial charge on any atom is -0.398 e. The Morgan fingerprint density at radius 1 is 1.39 bits per heavy atom. The van der Waals surface area contributed by atoms with Crippen LogP contribution >= 0.6 is 11.6 Å². The second-order valence-corrected chi connectivity index (χ2v) is 6.88. The molecule has 1 aliphatic heterocycles. The van der Waals surface area contributed by atoms with Gasteiger partial charge in [-0.25, -0.2) is 4.79 Å². The van der Waals surface area contributed by atoms with Crippen LogP contribution in [0.2, 0.25) is 0 Å². The van der Waals surface area contributed by atoms with Crippen molar-refractivity contribution in [1.29, 1.82) is 0 Å². The van der Waals surface area contributed by atoms with Gasteiger partial charge in [-0.2, -0.15) is 8.42 Å². The molecule has 0 radical (unpaired) electrons. The van der Waals surface area contributed by atoms with Crippen molar-refractivity contribution in [2.24, 2.45) is 0 Å². The molecule has 0 spiro atoms. The van der Waals surface area contributed by atoms with Crippen molar-refractivity contribution in [3.05, 3.63) is 41.6 Å². The highest BCUT2D eigenvalue weighted by Crippen LogP contribution is 2.25. The van der Waals surface area contributed by atoms with Gasteiger partial charge in [-0.3, -0.25) is 0 Å². The molecule has 9 heteroatoms. The van der Waals surface area contributed by atoms with Crippen LogP contribution in [0.5, 0.6) is 5.75 Å². The lowest BCUT2D eigenvalue weighted by atomic mass is 10.1. The number of rotatable bonds is 4. The highest BCUT2D eigenvalue weighted by atomic mass is 35.5. The van der Waals surface area contributed by atoms with Crippen LogP contribution < -0.4 is 4.18 Å². The van der Waals surface area contributed by atoms with E-state index in [1.54, 1.807) is 12.1 Å². The minimum atomic E-state index is -3.57. The summed E-state index contributed by atoms with van der Waals surface area (Å²) in [5, 5.41) is -0.194. The molecule has 0 N–H and O–H groups in total. The Morgan fingerprint density at radius 3 is 2.61 bits per heavy atom. The number of benzene rings is 1. The summed E-state index contributed by atoms with van der Waals surface area (Å²) in [5.41, 5.74) is 0.785. The average molecular weight is 362 g/mol. The molecule has 1 saturated heterocycles. The molecule has 1 heterocycles. The van der Waals surface area contributed by atoms with E-state index in [0.29, 0.717) is 13.2 Å². The summed E-state index contributed by atoms with van der Waals surface area (Å²) < 4.78 is 37.3. The Labute approximate surface area is 139 Å². The van der Waals surface area contributed by atoms with Crippen molar-refractivity contribution >= 4 is 27.8 Å². The van der Waals surface area contributed by atoms with E-state index in [4.69, 9.17) is 25.3 Å². The van der Waals surface area contributed by atoms with Crippen molar-refractivity contribution in [3.63, 3.8) is 0 Å². The monoisotopic (exact) mass is 361 g/mol. The molecular formula is C14H16ClNO6S. The highest BCUT2D eigenvalue weighted by Gasteiger charge is 2.26. The molecule has 23 heavy (non-hydrogen) atoms. The summed E-state index contributed by atoms with van der Waals surface area (Å²) in [5.74, 6) is 0.210.